The SMILES string of the molecule is CCC(CCCO)S(=O)[O-]. The predicted octanol–water partition coefficient (Wildman–Crippen LogP) is 0.417. The van der Waals surface area contributed by atoms with Gasteiger partial charge in [0.05, 0.1) is 0 Å². The van der Waals surface area contributed by atoms with Crippen LogP contribution in [0.15, 0.2) is 0 Å². The van der Waals surface area contributed by atoms with Crippen LogP contribution in [-0.2, 0) is 11.1 Å². The number of aliphatic hydroxyl groups is 1. The van der Waals surface area contributed by atoms with Crippen molar-refractivity contribution in [3.63, 3.8) is 0 Å². The van der Waals surface area contributed by atoms with Crippen LogP contribution in [0.1, 0.15) is 26.2 Å². The van der Waals surface area contributed by atoms with E-state index in [-0.39, 0.29) is 11.9 Å². The summed E-state index contributed by atoms with van der Waals surface area (Å²) in [4.78, 5) is 0. The summed E-state index contributed by atoms with van der Waals surface area (Å²) in [5.74, 6) is 0. The molecule has 0 saturated carbocycles. The molecule has 0 aliphatic carbocycles. The Labute approximate surface area is 63.7 Å². The molecule has 0 heterocycles. The molecule has 2 unspecified atom stereocenters. The van der Waals surface area contributed by atoms with Crippen molar-refractivity contribution >= 4 is 11.1 Å². The molecule has 0 aliphatic heterocycles. The van der Waals surface area contributed by atoms with Gasteiger partial charge in [-0.2, -0.15) is 0 Å². The van der Waals surface area contributed by atoms with E-state index in [0.717, 1.165) is 0 Å². The Kier molecular flexibility index (Phi) is 5.87. The van der Waals surface area contributed by atoms with E-state index in [2.05, 4.69) is 0 Å². The molecule has 0 radical (unpaired) electrons. The molecule has 0 aromatic rings. The Morgan fingerprint density at radius 1 is 1.70 bits per heavy atom. The Morgan fingerprint density at radius 3 is 2.60 bits per heavy atom. The third kappa shape index (κ3) is 3.98. The normalized spacial score (nSPS) is 16.7. The Balaban J connectivity index is 3.50. The highest BCUT2D eigenvalue weighted by Crippen LogP contribution is 2.06. The average molecular weight is 165 g/mol. The van der Waals surface area contributed by atoms with Crippen molar-refractivity contribution < 1.29 is 13.9 Å². The Bertz CT molecular complexity index is 105. The lowest BCUT2D eigenvalue weighted by molar-refractivity contribution is 0.283. The smallest absolute Gasteiger partial charge is 0.0431 e. The molecular weight excluding hydrogens is 152 g/mol. The van der Waals surface area contributed by atoms with Crippen LogP contribution in [0, 0.1) is 0 Å². The van der Waals surface area contributed by atoms with E-state index in [0.29, 0.717) is 19.3 Å². The second kappa shape index (κ2) is 5.82. The minimum Gasteiger partial charge on any atom is -0.772 e. The monoisotopic (exact) mass is 165 g/mol. The Hall–Kier alpha value is 0.0700. The first-order valence-electron chi connectivity index (χ1n) is 3.41. The van der Waals surface area contributed by atoms with Crippen molar-refractivity contribution in [2.45, 2.75) is 31.4 Å². The molecule has 0 spiro atoms. The molecule has 0 fully saturated rings. The standard InChI is InChI=1S/C6H14O3S/c1-2-6(10(8)9)4-3-5-7/h6-7H,2-5H2,1H3,(H,8,9)/p-1. The molecule has 4 heteroatoms. The van der Waals surface area contributed by atoms with Gasteiger partial charge in [0.2, 0.25) is 0 Å². The van der Waals surface area contributed by atoms with Crippen LogP contribution in [0.5, 0.6) is 0 Å². The van der Waals surface area contributed by atoms with Gasteiger partial charge >= 0.3 is 0 Å². The highest BCUT2D eigenvalue weighted by Gasteiger charge is 2.04. The molecule has 1 N–H and O–H groups in total. The van der Waals surface area contributed by atoms with E-state index in [1.165, 1.54) is 0 Å². The lowest BCUT2D eigenvalue weighted by Crippen LogP contribution is -2.13. The van der Waals surface area contributed by atoms with Crippen LogP contribution in [0.3, 0.4) is 0 Å². The number of rotatable bonds is 5. The van der Waals surface area contributed by atoms with Crippen LogP contribution in [-0.4, -0.2) is 25.7 Å². The summed E-state index contributed by atoms with van der Waals surface area (Å²) >= 11 is -1.97. The molecule has 0 amide bonds. The van der Waals surface area contributed by atoms with E-state index in [1.807, 2.05) is 6.92 Å². The largest absolute Gasteiger partial charge is 0.772 e. The maximum Gasteiger partial charge on any atom is 0.0431 e. The van der Waals surface area contributed by atoms with Gasteiger partial charge in [-0.3, -0.25) is 4.21 Å². The van der Waals surface area contributed by atoms with E-state index in [9.17, 15) is 8.76 Å². The second-order valence-corrected chi connectivity index (χ2v) is 3.34. The fraction of sp³-hybridized carbons (Fsp3) is 1.00. The molecule has 2 atom stereocenters. The molecule has 0 bridgehead atoms. The summed E-state index contributed by atoms with van der Waals surface area (Å²) in [6.45, 7) is 1.91. The van der Waals surface area contributed by atoms with Crippen molar-refractivity contribution in [1.29, 1.82) is 0 Å². The summed E-state index contributed by atoms with van der Waals surface area (Å²) in [7, 11) is 0. The van der Waals surface area contributed by atoms with Gasteiger partial charge < -0.3 is 9.66 Å². The summed E-state index contributed by atoms with van der Waals surface area (Å²) in [6.07, 6.45) is 1.78. The van der Waals surface area contributed by atoms with Gasteiger partial charge in [-0.1, -0.05) is 18.0 Å². The van der Waals surface area contributed by atoms with E-state index in [1.54, 1.807) is 0 Å². The lowest BCUT2D eigenvalue weighted by Gasteiger charge is -2.16. The highest BCUT2D eigenvalue weighted by molar-refractivity contribution is 7.79. The van der Waals surface area contributed by atoms with Crippen molar-refractivity contribution in [3.05, 3.63) is 0 Å². The molecule has 0 aliphatic rings. The zero-order chi connectivity index (χ0) is 7.98. The van der Waals surface area contributed by atoms with Gasteiger partial charge in [-0.25, -0.2) is 0 Å². The third-order valence-corrected chi connectivity index (χ3v) is 2.53. The van der Waals surface area contributed by atoms with Gasteiger partial charge in [-0.15, -0.1) is 0 Å². The van der Waals surface area contributed by atoms with E-state index >= 15 is 0 Å². The van der Waals surface area contributed by atoms with E-state index < -0.39 is 11.1 Å². The quantitative estimate of drug-likeness (QED) is 0.600. The van der Waals surface area contributed by atoms with Crippen molar-refractivity contribution in [1.82, 2.24) is 0 Å². The van der Waals surface area contributed by atoms with Crippen LogP contribution >= 0.6 is 0 Å². The molecule has 0 rings (SSSR count). The summed E-state index contributed by atoms with van der Waals surface area (Å²) in [5.41, 5.74) is 0. The molecule has 0 aromatic heterocycles. The van der Waals surface area contributed by atoms with Crippen LogP contribution in [0.25, 0.3) is 0 Å². The van der Waals surface area contributed by atoms with Gasteiger partial charge in [-0.05, 0) is 19.3 Å². The highest BCUT2D eigenvalue weighted by atomic mass is 32.2. The lowest BCUT2D eigenvalue weighted by atomic mass is 10.2. The number of hydrogen-bond donors (Lipinski definition) is 1. The fourth-order valence-electron chi connectivity index (χ4n) is 0.755. The summed E-state index contributed by atoms with van der Waals surface area (Å²) in [6, 6.07) is 0. The molecule has 0 aromatic carbocycles. The van der Waals surface area contributed by atoms with Gasteiger partial charge in [0.15, 0.2) is 0 Å². The number of aliphatic hydroxyl groups excluding tert-OH is 1. The third-order valence-electron chi connectivity index (χ3n) is 1.41. The minimum atomic E-state index is -1.97. The van der Waals surface area contributed by atoms with Crippen LogP contribution in [0.4, 0.5) is 0 Å². The first-order valence-corrected chi connectivity index (χ1v) is 4.55. The minimum absolute atomic E-state index is 0.0771. The molecule has 10 heavy (non-hydrogen) atoms. The maximum atomic E-state index is 10.4. The maximum absolute atomic E-state index is 10.4. The van der Waals surface area contributed by atoms with Crippen LogP contribution in [0.2, 0.25) is 0 Å². The zero-order valence-electron chi connectivity index (χ0n) is 6.08. The first kappa shape index (κ1) is 10.1. The molecule has 3 nitrogen and oxygen atoms in total. The van der Waals surface area contributed by atoms with Crippen molar-refractivity contribution in [3.8, 4) is 0 Å². The molecule has 0 saturated heterocycles. The van der Waals surface area contributed by atoms with Gasteiger partial charge in [0, 0.05) is 11.9 Å². The molecule has 62 valence electrons. The first-order chi connectivity index (χ1) is 4.72. The van der Waals surface area contributed by atoms with Crippen molar-refractivity contribution in [2.24, 2.45) is 0 Å². The summed E-state index contributed by atoms with van der Waals surface area (Å²) < 4.78 is 20.7. The fourth-order valence-corrected chi connectivity index (χ4v) is 1.39. The Morgan fingerprint density at radius 2 is 2.30 bits per heavy atom. The van der Waals surface area contributed by atoms with Gasteiger partial charge in [0.25, 0.3) is 0 Å². The summed E-state index contributed by atoms with van der Waals surface area (Å²) in [5, 5.41) is 8.12. The van der Waals surface area contributed by atoms with Crippen molar-refractivity contribution in [2.75, 3.05) is 6.61 Å². The topological polar surface area (TPSA) is 60.4 Å². The van der Waals surface area contributed by atoms with Gasteiger partial charge in [0.1, 0.15) is 0 Å². The molecular formula is C6H13O3S-. The number of hydrogen-bond acceptors (Lipinski definition) is 3. The predicted molar refractivity (Wildman–Crippen MR) is 39.3 cm³/mol. The van der Waals surface area contributed by atoms with Crippen LogP contribution < -0.4 is 0 Å². The van der Waals surface area contributed by atoms with E-state index in [4.69, 9.17) is 5.11 Å². The average Bonchev–Trinajstić information content (AvgIpc) is 1.89. The zero-order valence-corrected chi connectivity index (χ0v) is 6.89. The second-order valence-electron chi connectivity index (χ2n) is 2.16.